The molecule has 4 rings (SSSR count). The molecule has 0 fully saturated rings. The largest absolute Gasteiger partial charge is 0.489 e. The fourth-order valence-electron chi connectivity index (χ4n) is 4.56. The first-order valence-electron chi connectivity index (χ1n) is 12.4. The second-order valence-electron chi connectivity index (χ2n) is 10.4. The SMILES string of the molecule is Cc1cc(COc2ccc(S(=O)(=O)N(C)C3CC=CCC3C(=O)OC(C)(C)C)cc2)c2ccccc2n1. The van der Waals surface area contributed by atoms with Crippen molar-refractivity contribution in [3.63, 3.8) is 0 Å². The molecule has 0 spiro atoms. The van der Waals surface area contributed by atoms with E-state index < -0.39 is 27.6 Å². The Kier molecular flexibility index (Phi) is 7.71. The summed E-state index contributed by atoms with van der Waals surface area (Å²) in [7, 11) is -2.31. The van der Waals surface area contributed by atoms with Gasteiger partial charge in [0.2, 0.25) is 10.0 Å². The monoisotopic (exact) mass is 522 g/mol. The standard InChI is InChI=1S/C29H34N2O5S/c1-20-18-21(24-10-6-8-12-26(24)30-20)19-35-22-14-16-23(17-15-22)37(33,34)31(5)27-13-9-7-11-25(27)28(32)36-29(2,3)4/h6-10,12,14-18,25,27H,11,13,19H2,1-5H3. The van der Waals surface area contributed by atoms with Gasteiger partial charge in [-0.3, -0.25) is 9.78 Å². The quantitative estimate of drug-likeness (QED) is 0.304. The van der Waals surface area contributed by atoms with Crippen molar-refractivity contribution in [3.8, 4) is 5.75 Å². The van der Waals surface area contributed by atoms with Crippen LogP contribution in [0.3, 0.4) is 0 Å². The first kappa shape index (κ1) is 26.8. The average Bonchev–Trinajstić information content (AvgIpc) is 2.86. The van der Waals surface area contributed by atoms with Crippen molar-refractivity contribution in [3.05, 3.63) is 78.0 Å². The summed E-state index contributed by atoms with van der Waals surface area (Å²) in [6.07, 6.45) is 4.71. The topological polar surface area (TPSA) is 85.8 Å². The zero-order valence-corrected chi connectivity index (χ0v) is 22.8. The average molecular weight is 523 g/mol. The number of carbonyl (C=O) groups is 1. The molecule has 1 aromatic heterocycles. The lowest BCUT2D eigenvalue weighted by Gasteiger charge is -2.35. The zero-order chi connectivity index (χ0) is 26.8. The van der Waals surface area contributed by atoms with Crippen LogP contribution in [0.4, 0.5) is 0 Å². The smallest absolute Gasteiger partial charge is 0.311 e. The van der Waals surface area contributed by atoms with Crippen LogP contribution in [0.5, 0.6) is 5.75 Å². The van der Waals surface area contributed by atoms with Crippen molar-refractivity contribution in [2.75, 3.05) is 7.05 Å². The minimum absolute atomic E-state index is 0.144. The molecule has 196 valence electrons. The number of ether oxygens (including phenoxy) is 2. The summed E-state index contributed by atoms with van der Waals surface area (Å²) in [5, 5.41) is 1.02. The molecule has 7 nitrogen and oxygen atoms in total. The lowest BCUT2D eigenvalue weighted by molar-refractivity contribution is -0.161. The molecule has 1 heterocycles. The predicted octanol–water partition coefficient (Wildman–Crippen LogP) is 5.42. The summed E-state index contributed by atoms with van der Waals surface area (Å²) in [6, 6.07) is 15.8. The van der Waals surface area contributed by atoms with Crippen LogP contribution in [0.2, 0.25) is 0 Å². The molecular formula is C29H34N2O5S. The molecule has 3 aromatic rings. The van der Waals surface area contributed by atoms with Crippen LogP contribution in [0, 0.1) is 12.8 Å². The van der Waals surface area contributed by atoms with E-state index in [9.17, 15) is 13.2 Å². The molecule has 2 aromatic carbocycles. The van der Waals surface area contributed by atoms with E-state index in [0.717, 1.165) is 22.2 Å². The van der Waals surface area contributed by atoms with Crippen molar-refractivity contribution in [2.24, 2.45) is 5.92 Å². The Morgan fingerprint density at radius 2 is 1.73 bits per heavy atom. The van der Waals surface area contributed by atoms with E-state index in [2.05, 4.69) is 4.98 Å². The number of hydrogen-bond acceptors (Lipinski definition) is 6. The Hall–Kier alpha value is -3.23. The maximum absolute atomic E-state index is 13.5. The molecule has 2 unspecified atom stereocenters. The minimum atomic E-state index is -3.84. The molecule has 0 radical (unpaired) electrons. The first-order valence-corrected chi connectivity index (χ1v) is 13.8. The highest BCUT2D eigenvalue weighted by atomic mass is 32.2. The Labute approximate surface area is 219 Å². The van der Waals surface area contributed by atoms with Gasteiger partial charge in [0.1, 0.15) is 18.0 Å². The van der Waals surface area contributed by atoms with Crippen molar-refractivity contribution in [1.29, 1.82) is 0 Å². The first-order chi connectivity index (χ1) is 17.5. The Morgan fingerprint density at radius 3 is 2.43 bits per heavy atom. The van der Waals surface area contributed by atoms with Gasteiger partial charge in [0.15, 0.2) is 0 Å². The van der Waals surface area contributed by atoms with Crippen molar-refractivity contribution in [2.45, 2.75) is 63.7 Å². The van der Waals surface area contributed by atoms with Crippen molar-refractivity contribution < 1.29 is 22.7 Å². The fraction of sp³-hybridized carbons (Fsp3) is 0.379. The zero-order valence-electron chi connectivity index (χ0n) is 22.0. The molecule has 0 aliphatic heterocycles. The summed E-state index contributed by atoms with van der Waals surface area (Å²) in [5.41, 5.74) is 2.19. The van der Waals surface area contributed by atoms with Gasteiger partial charge in [-0.2, -0.15) is 4.31 Å². The van der Waals surface area contributed by atoms with Crippen LogP contribution < -0.4 is 4.74 Å². The van der Waals surface area contributed by atoms with Gasteiger partial charge in [-0.1, -0.05) is 30.4 Å². The van der Waals surface area contributed by atoms with Gasteiger partial charge in [-0.05, 0) is 76.9 Å². The highest BCUT2D eigenvalue weighted by molar-refractivity contribution is 7.89. The van der Waals surface area contributed by atoms with E-state index in [-0.39, 0.29) is 10.9 Å². The molecule has 2 atom stereocenters. The molecule has 0 saturated carbocycles. The van der Waals surface area contributed by atoms with Gasteiger partial charge in [-0.25, -0.2) is 8.42 Å². The normalized spacial score (nSPS) is 18.2. The summed E-state index contributed by atoms with van der Waals surface area (Å²) < 4.78 is 39.8. The fourth-order valence-corrected chi connectivity index (χ4v) is 5.96. The number of para-hydroxylation sites is 1. The number of rotatable bonds is 7. The third-order valence-corrected chi connectivity index (χ3v) is 8.30. The van der Waals surface area contributed by atoms with Crippen LogP contribution in [-0.4, -0.2) is 42.4 Å². The second-order valence-corrected chi connectivity index (χ2v) is 12.4. The molecule has 1 aliphatic carbocycles. The maximum Gasteiger partial charge on any atom is 0.311 e. The van der Waals surface area contributed by atoms with Crippen LogP contribution in [0.15, 0.2) is 71.6 Å². The van der Waals surface area contributed by atoms with Gasteiger partial charge in [-0.15, -0.1) is 0 Å². The lowest BCUT2D eigenvalue weighted by atomic mass is 9.89. The summed E-state index contributed by atoms with van der Waals surface area (Å²) in [4.78, 5) is 17.5. The van der Waals surface area contributed by atoms with Crippen molar-refractivity contribution in [1.82, 2.24) is 9.29 Å². The van der Waals surface area contributed by atoms with E-state index in [1.165, 1.54) is 23.5 Å². The van der Waals surface area contributed by atoms with Crippen LogP contribution in [-0.2, 0) is 26.2 Å². The van der Waals surface area contributed by atoms with E-state index in [4.69, 9.17) is 9.47 Å². The molecule has 0 bridgehead atoms. The van der Waals surface area contributed by atoms with E-state index in [1.54, 1.807) is 32.9 Å². The number of aryl methyl sites for hydroxylation is 1. The van der Waals surface area contributed by atoms with E-state index >= 15 is 0 Å². The Bertz CT molecular complexity index is 1410. The summed E-state index contributed by atoms with van der Waals surface area (Å²) in [5.74, 6) is -0.385. The Balaban J connectivity index is 1.49. The third-order valence-electron chi connectivity index (χ3n) is 6.40. The van der Waals surface area contributed by atoms with E-state index in [0.29, 0.717) is 25.2 Å². The lowest BCUT2D eigenvalue weighted by Crippen LogP contribution is -2.46. The van der Waals surface area contributed by atoms with Crippen LogP contribution >= 0.6 is 0 Å². The van der Waals surface area contributed by atoms with Gasteiger partial charge >= 0.3 is 5.97 Å². The number of hydrogen-bond donors (Lipinski definition) is 0. The molecule has 37 heavy (non-hydrogen) atoms. The van der Waals surface area contributed by atoms with Gasteiger partial charge < -0.3 is 9.47 Å². The molecule has 8 heteroatoms. The highest BCUT2D eigenvalue weighted by Crippen LogP contribution is 2.31. The molecule has 0 saturated heterocycles. The maximum atomic E-state index is 13.5. The van der Waals surface area contributed by atoms with Crippen LogP contribution in [0.1, 0.15) is 44.9 Å². The number of pyridine rings is 1. The van der Waals surface area contributed by atoms with Gasteiger partial charge in [0.25, 0.3) is 0 Å². The number of benzene rings is 2. The number of aromatic nitrogens is 1. The third kappa shape index (κ3) is 6.19. The molecule has 0 amide bonds. The number of esters is 1. The number of fused-ring (bicyclic) bond motifs is 1. The molecule has 0 N–H and O–H groups in total. The van der Waals surface area contributed by atoms with E-state index in [1.807, 2.05) is 49.4 Å². The van der Waals surface area contributed by atoms with Crippen LogP contribution in [0.25, 0.3) is 10.9 Å². The number of allylic oxidation sites excluding steroid dienone is 1. The number of sulfonamides is 1. The Morgan fingerprint density at radius 1 is 1.05 bits per heavy atom. The van der Waals surface area contributed by atoms with Crippen molar-refractivity contribution >= 4 is 26.9 Å². The molecule has 1 aliphatic rings. The van der Waals surface area contributed by atoms with Gasteiger partial charge in [0.05, 0.1) is 16.3 Å². The van der Waals surface area contributed by atoms with Gasteiger partial charge in [0, 0.05) is 29.7 Å². The summed E-state index contributed by atoms with van der Waals surface area (Å²) >= 11 is 0. The minimum Gasteiger partial charge on any atom is -0.489 e. The number of carbonyl (C=O) groups excluding carboxylic acids is 1. The molecular weight excluding hydrogens is 488 g/mol. The number of nitrogens with zero attached hydrogens (tertiary/aromatic N) is 2. The predicted molar refractivity (Wildman–Crippen MR) is 144 cm³/mol. The second kappa shape index (κ2) is 10.6. The highest BCUT2D eigenvalue weighted by Gasteiger charge is 2.39. The summed E-state index contributed by atoms with van der Waals surface area (Å²) in [6.45, 7) is 7.70.